The van der Waals surface area contributed by atoms with E-state index in [4.69, 9.17) is 0 Å². The summed E-state index contributed by atoms with van der Waals surface area (Å²) >= 11 is 0. The largest absolute Gasteiger partial charge is 0.327 e. The highest BCUT2D eigenvalue weighted by atomic mass is 16.1. The molecule has 3 heteroatoms. The van der Waals surface area contributed by atoms with Gasteiger partial charge in [0.05, 0.1) is 12.2 Å². The summed E-state index contributed by atoms with van der Waals surface area (Å²) in [5.74, 6) is 1.47. The lowest BCUT2D eigenvalue weighted by Crippen LogP contribution is -2.31. The number of hydrogen-bond donors (Lipinski definition) is 0. The van der Waals surface area contributed by atoms with Crippen LogP contribution in [-0.2, 0) is 0 Å². The molecule has 0 amide bonds. The van der Waals surface area contributed by atoms with Crippen LogP contribution >= 0.6 is 0 Å². The summed E-state index contributed by atoms with van der Waals surface area (Å²) in [6.07, 6.45) is 0.908. The van der Waals surface area contributed by atoms with Crippen LogP contribution in [0.1, 0.15) is 24.2 Å². The molecular weight excluding hydrogens is 200 g/mol. The predicted octanol–water partition coefficient (Wildman–Crippen LogP) is 2.37. The zero-order valence-electron chi connectivity index (χ0n) is 9.68. The van der Waals surface area contributed by atoms with E-state index in [0.29, 0.717) is 5.92 Å². The quantitative estimate of drug-likeness (QED) is 0.727. The van der Waals surface area contributed by atoms with Gasteiger partial charge in [0.1, 0.15) is 5.84 Å². The van der Waals surface area contributed by atoms with Crippen molar-refractivity contribution in [3.05, 3.63) is 29.8 Å². The number of aliphatic imine (C=N–C) groups is 1. The summed E-state index contributed by atoms with van der Waals surface area (Å²) in [7, 11) is 0. The molecule has 1 aliphatic heterocycles. The van der Waals surface area contributed by atoms with E-state index < -0.39 is 0 Å². The molecule has 0 aromatic heterocycles. The van der Waals surface area contributed by atoms with Crippen molar-refractivity contribution in [3.63, 3.8) is 0 Å². The minimum Gasteiger partial charge on any atom is -0.327 e. The van der Waals surface area contributed by atoms with Gasteiger partial charge in [-0.1, -0.05) is 26.0 Å². The number of anilines is 1. The van der Waals surface area contributed by atoms with E-state index in [1.807, 2.05) is 24.3 Å². The van der Waals surface area contributed by atoms with E-state index >= 15 is 0 Å². The van der Waals surface area contributed by atoms with E-state index in [9.17, 15) is 4.79 Å². The number of amidine groups is 1. The number of nitrogens with zero attached hydrogens (tertiary/aromatic N) is 2. The van der Waals surface area contributed by atoms with E-state index in [1.54, 1.807) is 0 Å². The first kappa shape index (κ1) is 10.9. The topological polar surface area (TPSA) is 32.7 Å². The molecule has 16 heavy (non-hydrogen) atoms. The lowest BCUT2D eigenvalue weighted by molar-refractivity contribution is 0.112. The molecule has 0 unspecified atom stereocenters. The summed E-state index contributed by atoms with van der Waals surface area (Å²) in [6.45, 7) is 5.94. The maximum Gasteiger partial charge on any atom is 0.152 e. The molecule has 1 heterocycles. The second kappa shape index (κ2) is 4.47. The SMILES string of the molecule is CC(C)C1=NCCN1c1ccccc1C=O. The smallest absolute Gasteiger partial charge is 0.152 e. The van der Waals surface area contributed by atoms with E-state index in [1.165, 1.54) is 0 Å². The third-order valence-corrected chi connectivity index (χ3v) is 2.74. The third kappa shape index (κ3) is 1.85. The molecule has 84 valence electrons. The number of rotatable bonds is 3. The summed E-state index contributed by atoms with van der Waals surface area (Å²) in [4.78, 5) is 17.6. The number of benzene rings is 1. The molecule has 0 atom stereocenters. The molecule has 1 aromatic carbocycles. The Bertz CT molecular complexity index is 424. The molecule has 0 saturated carbocycles. The highest BCUT2D eigenvalue weighted by Gasteiger charge is 2.22. The molecule has 0 fully saturated rings. The van der Waals surface area contributed by atoms with Gasteiger partial charge in [-0.3, -0.25) is 9.79 Å². The molecule has 0 N–H and O–H groups in total. The molecule has 0 radical (unpaired) electrons. The minimum atomic E-state index is 0.391. The van der Waals surface area contributed by atoms with Crippen molar-refractivity contribution in [2.75, 3.05) is 18.0 Å². The molecule has 3 nitrogen and oxygen atoms in total. The normalized spacial score (nSPS) is 15.4. The van der Waals surface area contributed by atoms with Crippen molar-refractivity contribution in [2.45, 2.75) is 13.8 Å². The third-order valence-electron chi connectivity index (χ3n) is 2.74. The van der Waals surface area contributed by atoms with Crippen molar-refractivity contribution in [1.29, 1.82) is 0 Å². The van der Waals surface area contributed by atoms with Crippen LogP contribution in [0.4, 0.5) is 5.69 Å². The van der Waals surface area contributed by atoms with Crippen LogP contribution in [-0.4, -0.2) is 25.2 Å². The predicted molar refractivity (Wildman–Crippen MR) is 66.3 cm³/mol. The zero-order valence-corrected chi connectivity index (χ0v) is 9.68. The molecular formula is C13H16N2O. The highest BCUT2D eigenvalue weighted by molar-refractivity contribution is 6.03. The van der Waals surface area contributed by atoms with Crippen LogP contribution in [0.15, 0.2) is 29.3 Å². The van der Waals surface area contributed by atoms with Crippen LogP contribution < -0.4 is 4.90 Å². The Morgan fingerprint density at radius 2 is 2.12 bits per heavy atom. The molecule has 1 aromatic rings. The Balaban J connectivity index is 2.37. The number of aldehydes is 1. The van der Waals surface area contributed by atoms with Crippen LogP contribution in [0, 0.1) is 5.92 Å². The van der Waals surface area contributed by atoms with Gasteiger partial charge in [-0.15, -0.1) is 0 Å². The van der Waals surface area contributed by atoms with E-state index in [2.05, 4.69) is 23.7 Å². The van der Waals surface area contributed by atoms with Crippen molar-refractivity contribution in [2.24, 2.45) is 10.9 Å². The van der Waals surface area contributed by atoms with E-state index in [0.717, 1.165) is 36.5 Å². The van der Waals surface area contributed by atoms with Crippen LogP contribution in [0.5, 0.6) is 0 Å². The first-order valence-electron chi connectivity index (χ1n) is 5.60. The Morgan fingerprint density at radius 3 is 2.81 bits per heavy atom. The van der Waals surface area contributed by atoms with Gasteiger partial charge in [0.25, 0.3) is 0 Å². The number of hydrogen-bond acceptors (Lipinski definition) is 3. The lowest BCUT2D eigenvalue weighted by Gasteiger charge is -2.23. The van der Waals surface area contributed by atoms with E-state index in [-0.39, 0.29) is 0 Å². The van der Waals surface area contributed by atoms with Gasteiger partial charge in [0.2, 0.25) is 0 Å². The highest BCUT2D eigenvalue weighted by Crippen LogP contribution is 2.23. The van der Waals surface area contributed by atoms with Gasteiger partial charge < -0.3 is 4.90 Å². The summed E-state index contributed by atoms with van der Waals surface area (Å²) in [6, 6.07) is 7.67. The molecule has 0 aliphatic carbocycles. The monoisotopic (exact) mass is 216 g/mol. The fraction of sp³-hybridized carbons (Fsp3) is 0.385. The van der Waals surface area contributed by atoms with Gasteiger partial charge in [0, 0.05) is 18.0 Å². The van der Waals surface area contributed by atoms with Gasteiger partial charge in [0.15, 0.2) is 6.29 Å². The standard InChI is InChI=1S/C13H16N2O/c1-10(2)13-14-7-8-15(13)12-6-4-3-5-11(12)9-16/h3-6,9-10H,7-8H2,1-2H3. The van der Waals surface area contributed by atoms with Gasteiger partial charge in [-0.25, -0.2) is 0 Å². The molecule has 0 spiro atoms. The maximum atomic E-state index is 11.0. The summed E-state index contributed by atoms with van der Waals surface area (Å²) in [5.41, 5.74) is 1.71. The van der Waals surface area contributed by atoms with Gasteiger partial charge in [-0.05, 0) is 12.1 Å². The summed E-state index contributed by atoms with van der Waals surface area (Å²) < 4.78 is 0. The molecule has 2 rings (SSSR count). The van der Waals surface area contributed by atoms with Gasteiger partial charge >= 0.3 is 0 Å². The van der Waals surface area contributed by atoms with Crippen LogP contribution in [0.3, 0.4) is 0 Å². The van der Waals surface area contributed by atoms with Crippen molar-refractivity contribution in [3.8, 4) is 0 Å². The Morgan fingerprint density at radius 1 is 1.38 bits per heavy atom. The van der Waals surface area contributed by atoms with Crippen molar-refractivity contribution < 1.29 is 4.79 Å². The maximum absolute atomic E-state index is 11.0. The second-order valence-corrected chi connectivity index (χ2v) is 4.22. The minimum absolute atomic E-state index is 0.391. The number of carbonyl (C=O) groups excluding carboxylic acids is 1. The molecule has 0 saturated heterocycles. The van der Waals surface area contributed by atoms with Gasteiger partial charge in [-0.2, -0.15) is 0 Å². The fourth-order valence-electron chi connectivity index (χ4n) is 2.04. The Hall–Kier alpha value is -1.64. The fourth-order valence-corrected chi connectivity index (χ4v) is 2.04. The first-order chi connectivity index (χ1) is 7.74. The number of carbonyl (C=O) groups is 1. The van der Waals surface area contributed by atoms with Crippen LogP contribution in [0.2, 0.25) is 0 Å². The zero-order chi connectivity index (χ0) is 11.5. The molecule has 1 aliphatic rings. The summed E-state index contributed by atoms with van der Waals surface area (Å²) in [5, 5.41) is 0. The average molecular weight is 216 g/mol. The molecule has 0 bridgehead atoms. The Kier molecular flexibility index (Phi) is 3.04. The van der Waals surface area contributed by atoms with Crippen LogP contribution in [0.25, 0.3) is 0 Å². The lowest BCUT2D eigenvalue weighted by atomic mass is 10.1. The van der Waals surface area contributed by atoms with Crippen molar-refractivity contribution >= 4 is 17.8 Å². The Labute approximate surface area is 95.8 Å². The second-order valence-electron chi connectivity index (χ2n) is 4.22. The number of para-hydroxylation sites is 1. The van der Waals surface area contributed by atoms with Crippen molar-refractivity contribution in [1.82, 2.24) is 0 Å². The average Bonchev–Trinajstić information content (AvgIpc) is 2.77. The first-order valence-corrected chi connectivity index (χ1v) is 5.60.